The normalized spacial score (nSPS) is 29.1. The Hall–Kier alpha value is -0.590. The topological polar surface area (TPSA) is 101 Å². The highest BCUT2D eigenvalue weighted by Crippen LogP contribution is 2.27. The highest BCUT2D eigenvalue weighted by Gasteiger charge is 2.31. The summed E-state index contributed by atoms with van der Waals surface area (Å²) in [5.74, 6) is -0.922. The van der Waals surface area contributed by atoms with Crippen molar-refractivity contribution < 1.29 is 19.8 Å². The van der Waals surface area contributed by atoms with Gasteiger partial charge in [0.05, 0.1) is 0 Å². The second kappa shape index (κ2) is 4.77. The molecule has 0 saturated heterocycles. The summed E-state index contributed by atoms with van der Waals surface area (Å²) in [6.45, 7) is 0. The lowest BCUT2D eigenvalue weighted by Crippen LogP contribution is -2.33. The number of carbonyl (C=O) groups excluding carboxylic acids is 1. The van der Waals surface area contributed by atoms with E-state index in [-0.39, 0.29) is 16.8 Å². The summed E-state index contributed by atoms with van der Waals surface area (Å²) in [6, 6.07) is -0.896. The quantitative estimate of drug-likeness (QED) is 0.573. The lowest BCUT2D eigenvalue weighted by Gasteiger charge is -2.10. The Morgan fingerprint density at radius 3 is 2.79 bits per heavy atom. The van der Waals surface area contributed by atoms with Crippen LogP contribution in [-0.4, -0.2) is 45.1 Å². The third-order valence-corrected chi connectivity index (χ3v) is 3.50. The number of Topliss-reactive ketones (excluding diaryl/α,β-unsaturated/α-hetero) is 1. The number of carboxylic acid groups (broad SMARTS) is 1. The zero-order chi connectivity index (χ0) is 10.7. The summed E-state index contributed by atoms with van der Waals surface area (Å²) >= 11 is 1.34. The van der Waals surface area contributed by atoms with Gasteiger partial charge in [-0.05, 0) is 6.42 Å². The maximum absolute atomic E-state index is 11.0. The first kappa shape index (κ1) is 11.5. The molecule has 0 radical (unpaired) electrons. The van der Waals surface area contributed by atoms with E-state index >= 15 is 0 Å². The van der Waals surface area contributed by atoms with Crippen molar-refractivity contribution >= 4 is 23.5 Å². The minimum Gasteiger partial charge on any atom is -0.480 e. The number of nitrogens with two attached hydrogens (primary N) is 1. The Morgan fingerprint density at radius 1 is 1.71 bits per heavy atom. The van der Waals surface area contributed by atoms with Gasteiger partial charge < -0.3 is 15.9 Å². The minimum atomic E-state index is -1.04. The second-order valence-corrected chi connectivity index (χ2v) is 4.66. The van der Waals surface area contributed by atoms with Crippen molar-refractivity contribution in [3.63, 3.8) is 0 Å². The molecule has 1 aliphatic carbocycles. The summed E-state index contributed by atoms with van der Waals surface area (Å²) in [7, 11) is 0. The molecule has 1 aliphatic rings. The highest BCUT2D eigenvalue weighted by atomic mass is 32.2. The number of aliphatic carboxylic acids is 1. The number of rotatable bonds is 4. The number of carboxylic acids is 1. The monoisotopic (exact) mass is 219 g/mol. The van der Waals surface area contributed by atoms with Gasteiger partial charge in [0, 0.05) is 17.4 Å². The molecule has 1 unspecified atom stereocenters. The molecule has 0 aromatic heterocycles. The van der Waals surface area contributed by atoms with Crippen LogP contribution in [0, 0.1) is 0 Å². The number of hydrogen-bond acceptors (Lipinski definition) is 5. The van der Waals surface area contributed by atoms with E-state index in [9.17, 15) is 9.59 Å². The molecule has 0 heterocycles. The molecular weight excluding hydrogens is 206 g/mol. The molecule has 1 saturated carbocycles. The molecule has 1 rings (SSSR count). The summed E-state index contributed by atoms with van der Waals surface area (Å²) < 4.78 is 0. The average molecular weight is 219 g/mol. The molecule has 80 valence electrons. The average Bonchev–Trinajstić information content (AvgIpc) is 2.42. The first-order chi connectivity index (χ1) is 6.50. The lowest BCUT2D eigenvalue weighted by molar-refractivity contribution is -0.137. The molecule has 0 amide bonds. The van der Waals surface area contributed by atoms with Crippen LogP contribution < -0.4 is 5.73 Å². The van der Waals surface area contributed by atoms with Crippen molar-refractivity contribution in [3.05, 3.63) is 0 Å². The number of ketones is 1. The highest BCUT2D eigenvalue weighted by molar-refractivity contribution is 8.00. The fourth-order valence-corrected chi connectivity index (χ4v) is 2.48. The maximum Gasteiger partial charge on any atom is 0.321 e. The second-order valence-electron chi connectivity index (χ2n) is 3.32. The number of hydrogen-bond donors (Lipinski definition) is 3. The third kappa shape index (κ3) is 2.97. The summed E-state index contributed by atoms with van der Waals surface area (Å²) in [6.07, 6.45) is -0.137. The Bertz CT molecular complexity index is 245. The van der Waals surface area contributed by atoms with Crippen LogP contribution in [0.4, 0.5) is 0 Å². The lowest BCUT2D eigenvalue weighted by atomic mass is 10.3. The summed E-state index contributed by atoms with van der Waals surface area (Å²) in [5, 5.41) is 17.7. The van der Waals surface area contributed by atoms with Crippen molar-refractivity contribution in [1.82, 2.24) is 0 Å². The number of thioether (sulfide) groups is 1. The smallest absolute Gasteiger partial charge is 0.321 e. The number of aliphatic hydroxyl groups is 1. The third-order valence-electron chi connectivity index (χ3n) is 2.12. The summed E-state index contributed by atoms with van der Waals surface area (Å²) in [5.41, 5.74) is 5.30. The van der Waals surface area contributed by atoms with Crippen LogP contribution in [0.3, 0.4) is 0 Å². The van der Waals surface area contributed by atoms with Gasteiger partial charge in [-0.25, -0.2) is 0 Å². The SMILES string of the molecule is N[C@@H](CS[C@H]1CC(=O)C(O)C1)C(=O)O. The largest absolute Gasteiger partial charge is 0.480 e. The van der Waals surface area contributed by atoms with Crippen molar-refractivity contribution in [1.29, 1.82) is 0 Å². The van der Waals surface area contributed by atoms with Crippen LogP contribution in [0.1, 0.15) is 12.8 Å². The molecule has 0 bridgehead atoms. The molecule has 0 aromatic carbocycles. The molecule has 1 fully saturated rings. The standard InChI is InChI=1S/C8H13NO4S/c9-5(8(12)13)3-14-4-1-6(10)7(11)2-4/h4-6,10H,1-3,9H2,(H,12,13)/t4-,5+,6?/m1/s1. The van der Waals surface area contributed by atoms with Gasteiger partial charge in [-0.3, -0.25) is 9.59 Å². The van der Waals surface area contributed by atoms with Gasteiger partial charge in [-0.15, -0.1) is 0 Å². The van der Waals surface area contributed by atoms with Gasteiger partial charge in [0.1, 0.15) is 12.1 Å². The summed E-state index contributed by atoms with van der Waals surface area (Å²) in [4.78, 5) is 21.3. The molecular formula is C8H13NO4S. The molecule has 0 spiro atoms. The van der Waals surface area contributed by atoms with E-state index in [1.165, 1.54) is 11.8 Å². The van der Waals surface area contributed by atoms with E-state index in [2.05, 4.69) is 0 Å². The maximum atomic E-state index is 11.0. The molecule has 5 nitrogen and oxygen atoms in total. The first-order valence-corrected chi connectivity index (χ1v) is 5.36. The van der Waals surface area contributed by atoms with Gasteiger partial charge in [-0.2, -0.15) is 11.8 Å². The fraction of sp³-hybridized carbons (Fsp3) is 0.750. The molecule has 0 aromatic rings. The van der Waals surface area contributed by atoms with Gasteiger partial charge in [0.2, 0.25) is 0 Å². The first-order valence-electron chi connectivity index (χ1n) is 4.31. The minimum absolute atomic E-state index is 0.0166. The van der Waals surface area contributed by atoms with Crippen LogP contribution >= 0.6 is 11.8 Å². The van der Waals surface area contributed by atoms with E-state index in [0.717, 1.165) is 0 Å². The van der Waals surface area contributed by atoms with Crippen LogP contribution in [0.2, 0.25) is 0 Å². The van der Waals surface area contributed by atoms with E-state index in [1.807, 2.05) is 0 Å². The van der Waals surface area contributed by atoms with E-state index in [1.54, 1.807) is 0 Å². The van der Waals surface area contributed by atoms with Gasteiger partial charge in [0.15, 0.2) is 5.78 Å². The molecule has 14 heavy (non-hydrogen) atoms. The van der Waals surface area contributed by atoms with Crippen molar-refractivity contribution in [2.24, 2.45) is 5.73 Å². The van der Waals surface area contributed by atoms with Gasteiger partial charge in [-0.1, -0.05) is 0 Å². The van der Waals surface area contributed by atoms with Gasteiger partial charge in [0.25, 0.3) is 0 Å². The van der Waals surface area contributed by atoms with Crippen LogP contribution in [0.25, 0.3) is 0 Å². The van der Waals surface area contributed by atoms with Crippen LogP contribution in [-0.2, 0) is 9.59 Å². The zero-order valence-electron chi connectivity index (χ0n) is 7.55. The van der Waals surface area contributed by atoms with E-state index in [4.69, 9.17) is 15.9 Å². The number of aliphatic hydroxyl groups excluding tert-OH is 1. The Balaban J connectivity index is 2.27. The predicted molar refractivity (Wildman–Crippen MR) is 52.1 cm³/mol. The predicted octanol–water partition coefficient (Wildman–Crippen LogP) is -0.776. The van der Waals surface area contributed by atoms with Gasteiger partial charge >= 0.3 is 5.97 Å². The Morgan fingerprint density at radius 2 is 2.36 bits per heavy atom. The Kier molecular flexibility index (Phi) is 3.91. The molecule has 0 aliphatic heterocycles. The van der Waals surface area contributed by atoms with E-state index < -0.39 is 18.1 Å². The fourth-order valence-electron chi connectivity index (χ4n) is 1.26. The Labute approximate surface area is 85.7 Å². The zero-order valence-corrected chi connectivity index (χ0v) is 8.37. The molecule has 4 N–H and O–H groups in total. The van der Waals surface area contributed by atoms with E-state index in [0.29, 0.717) is 12.8 Å². The molecule has 3 atom stereocenters. The number of carbonyl (C=O) groups is 2. The van der Waals surface area contributed by atoms with Crippen LogP contribution in [0.5, 0.6) is 0 Å². The van der Waals surface area contributed by atoms with Crippen molar-refractivity contribution in [3.8, 4) is 0 Å². The van der Waals surface area contributed by atoms with Crippen LogP contribution in [0.15, 0.2) is 0 Å². The van der Waals surface area contributed by atoms with Crippen molar-refractivity contribution in [2.75, 3.05) is 5.75 Å². The van der Waals surface area contributed by atoms with Crippen molar-refractivity contribution in [2.45, 2.75) is 30.2 Å². The molecule has 6 heteroatoms.